The van der Waals surface area contributed by atoms with Crippen molar-refractivity contribution in [3.05, 3.63) is 0 Å². The number of nitrogens with zero attached hydrogens (tertiary/aromatic N) is 9. The van der Waals surface area contributed by atoms with Crippen LogP contribution in [0.1, 0.15) is 51.4 Å². The fourth-order valence-corrected chi connectivity index (χ4v) is 6.77. The van der Waals surface area contributed by atoms with Crippen LogP contribution in [-0.4, -0.2) is 65.4 Å². The summed E-state index contributed by atoms with van der Waals surface area (Å²) in [4.78, 5) is 0. The molecule has 0 radical (unpaired) electrons. The molecular formula is C17H35N13. The van der Waals surface area contributed by atoms with Gasteiger partial charge in [0.15, 0.2) is 0 Å². The van der Waals surface area contributed by atoms with Crippen molar-refractivity contribution < 1.29 is 0 Å². The lowest BCUT2D eigenvalue weighted by molar-refractivity contribution is -0.0735. The summed E-state index contributed by atoms with van der Waals surface area (Å²) < 4.78 is 0. The van der Waals surface area contributed by atoms with Crippen LogP contribution in [0.5, 0.6) is 0 Å². The molecule has 0 aromatic rings. The van der Waals surface area contributed by atoms with E-state index in [2.05, 4.69) is 51.7 Å². The van der Waals surface area contributed by atoms with E-state index < -0.39 is 0 Å². The SMILES string of the molecule is N/N=N/N1CCCC1C(C1CCCN1)(C1CCCN1/N=N/N)C1CCCN1/N=N/N. The van der Waals surface area contributed by atoms with Crippen LogP contribution >= 0.6 is 0 Å². The molecule has 0 aromatic heterocycles. The van der Waals surface area contributed by atoms with Gasteiger partial charge in [-0.2, -0.15) is 0 Å². The van der Waals surface area contributed by atoms with Gasteiger partial charge in [0.05, 0.1) is 23.5 Å². The summed E-state index contributed by atoms with van der Waals surface area (Å²) in [5.41, 5.74) is -0.226. The average Bonchev–Trinajstić information content (AvgIpc) is 3.53. The topological polar surface area (TPSA) is 174 Å². The summed E-state index contributed by atoms with van der Waals surface area (Å²) in [5.74, 6) is 16.5. The molecule has 4 atom stereocenters. The Balaban J connectivity index is 1.86. The highest BCUT2D eigenvalue weighted by atomic mass is 15.6. The highest BCUT2D eigenvalue weighted by molar-refractivity contribution is 5.16. The smallest absolute Gasteiger partial charge is 0.0601 e. The van der Waals surface area contributed by atoms with Gasteiger partial charge in [-0.1, -0.05) is 31.3 Å². The molecule has 13 heteroatoms. The fourth-order valence-electron chi connectivity index (χ4n) is 6.77. The van der Waals surface area contributed by atoms with E-state index in [1.165, 1.54) is 0 Å². The molecule has 0 amide bonds. The van der Waals surface area contributed by atoms with Crippen molar-refractivity contribution >= 4 is 0 Å². The molecule has 4 aliphatic rings. The standard InChI is InChI=1S/C17H35N13/c18-22-25-28-10-2-6-14(28)17(13-5-1-9-21-13,15-7-3-11-29(15)26-23-19)16-8-4-12-30(16)27-24-20/h13-16,21H,1-12H2,(H2,18,25)(H2,19,26)(H2,20,27). The average molecular weight is 422 g/mol. The second-order valence-corrected chi connectivity index (χ2v) is 8.73. The molecule has 4 unspecified atom stereocenters. The van der Waals surface area contributed by atoms with Crippen molar-refractivity contribution in [3.63, 3.8) is 0 Å². The summed E-state index contributed by atoms with van der Waals surface area (Å²) in [6.07, 6.45) is 8.45. The van der Waals surface area contributed by atoms with Crippen LogP contribution in [0.15, 0.2) is 31.3 Å². The van der Waals surface area contributed by atoms with Crippen LogP contribution in [0, 0.1) is 5.41 Å². The van der Waals surface area contributed by atoms with E-state index in [0.29, 0.717) is 0 Å². The molecule has 0 bridgehead atoms. The maximum atomic E-state index is 5.50. The third-order valence-electron chi connectivity index (χ3n) is 7.57. The van der Waals surface area contributed by atoms with Gasteiger partial charge < -0.3 is 22.8 Å². The number of nitrogens with one attached hydrogen (secondary N) is 1. The van der Waals surface area contributed by atoms with Crippen LogP contribution in [-0.2, 0) is 0 Å². The first-order chi connectivity index (χ1) is 14.8. The van der Waals surface area contributed by atoms with Gasteiger partial charge in [0.25, 0.3) is 0 Å². The predicted octanol–water partition coefficient (Wildman–Crippen LogP) is 0.841. The van der Waals surface area contributed by atoms with Crippen LogP contribution in [0.3, 0.4) is 0 Å². The maximum absolute atomic E-state index is 5.50. The van der Waals surface area contributed by atoms with E-state index in [1.807, 2.05) is 0 Å². The first-order valence-electron chi connectivity index (χ1n) is 11.1. The molecule has 7 N–H and O–H groups in total. The first-order valence-corrected chi connectivity index (χ1v) is 11.1. The zero-order valence-corrected chi connectivity index (χ0v) is 17.6. The van der Waals surface area contributed by atoms with Crippen molar-refractivity contribution in [3.8, 4) is 0 Å². The highest BCUT2D eigenvalue weighted by Gasteiger charge is 2.63. The van der Waals surface area contributed by atoms with Gasteiger partial charge in [-0.15, -0.1) is 0 Å². The van der Waals surface area contributed by atoms with Crippen LogP contribution in [0.25, 0.3) is 0 Å². The summed E-state index contributed by atoms with van der Waals surface area (Å²) in [6, 6.07) is 0.737. The Labute approximate surface area is 177 Å². The number of hydrogen-bond donors (Lipinski definition) is 4. The third kappa shape index (κ3) is 3.38. The monoisotopic (exact) mass is 421 g/mol. The van der Waals surface area contributed by atoms with Crippen molar-refractivity contribution in [2.75, 3.05) is 26.2 Å². The summed E-state index contributed by atoms with van der Waals surface area (Å²) in [5, 5.41) is 34.1. The van der Waals surface area contributed by atoms with Crippen molar-refractivity contribution in [2.24, 2.45) is 54.3 Å². The molecule has 4 rings (SSSR count). The number of hydrogen-bond acceptors (Lipinski definition) is 7. The summed E-state index contributed by atoms with van der Waals surface area (Å²) in [7, 11) is 0. The van der Waals surface area contributed by atoms with E-state index >= 15 is 0 Å². The van der Waals surface area contributed by atoms with Crippen molar-refractivity contribution in [2.45, 2.75) is 75.5 Å². The molecule has 0 spiro atoms. The molecule has 168 valence electrons. The Hall–Kier alpha value is -2.44. The summed E-state index contributed by atoms with van der Waals surface area (Å²) >= 11 is 0. The highest BCUT2D eigenvalue weighted by Crippen LogP contribution is 2.53. The quantitative estimate of drug-likeness (QED) is 0.267. The van der Waals surface area contributed by atoms with Crippen LogP contribution in [0.2, 0.25) is 0 Å². The van der Waals surface area contributed by atoms with Gasteiger partial charge in [-0.05, 0) is 57.9 Å². The Morgan fingerprint density at radius 1 is 0.633 bits per heavy atom. The lowest BCUT2D eigenvalue weighted by atomic mass is 9.61. The lowest BCUT2D eigenvalue weighted by Crippen LogP contribution is -2.68. The first kappa shape index (κ1) is 20.8. The minimum atomic E-state index is -0.226. The molecule has 13 nitrogen and oxygen atoms in total. The molecule has 4 aliphatic heterocycles. The Morgan fingerprint density at radius 2 is 1.07 bits per heavy atom. The Bertz CT molecular complexity index is 571. The van der Waals surface area contributed by atoms with E-state index in [4.69, 9.17) is 17.5 Å². The molecule has 30 heavy (non-hydrogen) atoms. The van der Waals surface area contributed by atoms with Gasteiger partial charge in [0.2, 0.25) is 0 Å². The third-order valence-corrected chi connectivity index (χ3v) is 7.57. The Kier molecular flexibility index (Phi) is 6.35. The second-order valence-electron chi connectivity index (χ2n) is 8.73. The molecule has 4 fully saturated rings. The molecule has 4 heterocycles. The van der Waals surface area contributed by atoms with E-state index in [0.717, 1.165) is 77.5 Å². The van der Waals surface area contributed by atoms with Gasteiger partial charge in [0.1, 0.15) is 0 Å². The van der Waals surface area contributed by atoms with Gasteiger partial charge in [-0.25, -0.2) is 0 Å². The van der Waals surface area contributed by atoms with E-state index in [-0.39, 0.29) is 29.6 Å². The Morgan fingerprint density at radius 3 is 1.40 bits per heavy atom. The predicted molar refractivity (Wildman–Crippen MR) is 110 cm³/mol. The largest absolute Gasteiger partial charge is 0.313 e. The second kappa shape index (κ2) is 9.14. The van der Waals surface area contributed by atoms with Crippen LogP contribution in [0.4, 0.5) is 0 Å². The van der Waals surface area contributed by atoms with E-state index in [1.54, 1.807) is 0 Å². The van der Waals surface area contributed by atoms with Crippen molar-refractivity contribution in [1.29, 1.82) is 0 Å². The molecule has 0 aromatic carbocycles. The van der Waals surface area contributed by atoms with Gasteiger partial charge in [-0.3, -0.25) is 15.0 Å². The van der Waals surface area contributed by atoms with Crippen molar-refractivity contribution in [1.82, 2.24) is 20.3 Å². The minimum Gasteiger partial charge on any atom is -0.313 e. The zero-order chi connectivity index (χ0) is 21.0. The fraction of sp³-hybridized carbons (Fsp3) is 1.00. The molecular weight excluding hydrogens is 386 g/mol. The zero-order valence-electron chi connectivity index (χ0n) is 17.6. The molecule has 0 aliphatic carbocycles. The van der Waals surface area contributed by atoms with Gasteiger partial charge >= 0.3 is 0 Å². The maximum Gasteiger partial charge on any atom is 0.0601 e. The summed E-state index contributed by atoms with van der Waals surface area (Å²) in [6.45, 7) is 3.54. The molecule has 4 saturated heterocycles. The number of rotatable bonds is 7. The minimum absolute atomic E-state index is 0.151. The number of nitrogens with two attached hydrogens (primary N) is 3. The van der Waals surface area contributed by atoms with Crippen LogP contribution < -0.4 is 22.8 Å². The normalized spacial score (nSPS) is 35.0. The van der Waals surface area contributed by atoms with Gasteiger partial charge in [0, 0.05) is 25.7 Å². The molecule has 0 saturated carbocycles. The lowest BCUT2D eigenvalue weighted by Gasteiger charge is -2.55. The van der Waals surface area contributed by atoms with E-state index in [9.17, 15) is 0 Å².